The number of carbonyl (C=O) groups excluding carboxylic acids is 1. The summed E-state index contributed by atoms with van der Waals surface area (Å²) in [5.74, 6) is 1.34. The van der Waals surface area contributed by atoms with E-state index >= 15 is 0 Å². The molecule has 32 heavy (non-hydrogen) atoms. The standard InChI is InChI=1S/C21H20N8O2S/c1-12(30)25-15-4-2-3-13(9-15)19-26-16-18(29-5-7-31-8-6-29)27-17(28-20(16)32-19)14-10-23-21(22)24-11-14/h2-4,9-11H,5-8H2,1H3,(H,25,30)(H2,22,23,24). The molecule has 11 heteroatoms. The van der Waals surface area contributed by atoms with Crippen LogP contribution in [0.25, 0.3) is 32.3 Å². The molecular formula is C21H20N8O2S. The molecule has 0 aliphatic carbocycles. The van der Waals surface area contributed by atoms with Gasteiger partial charge in [0.1, 0.15) is 15.4 Å². The number of hydrogen-bond donors (Lipinski definition) is 2. The van der Waals surface area contributed by atoms with Crippen LogP contribution in [0.4, 0.5) is 17.5 Å². The van der Waals surface area contributed by atoms with Crippen molar-refractivity contribution in [3.05, 3.63) is 36.7 Å². The zero-order valence-corrected chi connectivity index (χ0v) is 18.1. The number of ether oxygens (including phenoxy) is 1. The van der Waals surface area contributed by atoms with Crippen LogP contribution < -0.4 is 16.0 Å². The van der Waals surface area contributed by atoms with Crippen LogP contribution in [0.5, 0.6) is 0 Å². The molecular weight excluding hydrogens is 428 g/mol. The van der Waals surface area contributed by atoms with Crippen LogP contribution in [-0.4, -0.2) is 57.1 Å². The van der Waals surface area contributed by atoms with Gasteiger partial charge in [0.2, 0.25) is 11.9 Å². The molecule has 0 atom stereocenters. The Hall–Kier alpha value is -3.70. The zero-order chi connectivity index (χ0) is 22.1. The van der Waals surface area contributed by atoms with Crippen molar-refractivity contribution in [1.29, 1.82) is 0 Å². The van der Waals surface area contributed by atoms with Gasteiger partial charge in [-0.1, -0.05) is 23.5 Å². The fourth-order valence-corrected chi connectivity index (χ4v) is 4.37. The largest absolute Gasteiger partial charge is 0.378 e. The number of carbonyl (C=O) groups is 1. The Morgan fingerprint density at radius 2 is 1.91 bits per heavy atom. The number of hydrogen-bond acceptors (Lipinski definition) is 10. The van der Waals surface area contributed by atoms with Gasteiger partial charge in [-0.2, -0.15) is 0 Å². The predicted octanol–water partition coefficient (Wildman–Crippen LogP) is 2.59. The molecule has 4 aromatic rings. The molecule has 0 spiro atoms. The molecule has 1 fully saturated rings. The number of nitrogens with two attached hydrogens (primary N) is 1. The van der Waals surface area contributed by atoms with Gasteiger partial charge in [-0.15, -0.1) is 0 Å². The van der Waals surface area contributed by atoms with E-state index in [-0.39, 0.29) is 11.9 Å². The summed E-state index contributed by atoms with van der Waals surface area (Å²) in [6, 6.07) is 7.59. The van der Waals surface area contributed by atoms with Crippen molar-refractivity contribution in [1.82, 2.24) is 24.9 Å². The molecule has 0 saturated carbocycles. The van der Waals surface area contributed by atoms with Gasteiger partial charge in [0.15, 0.2) is 11.6 Å². The normalized spacial score (nSPS) is 14.0. The number of fused-ring (bicyclic) bond motifs is 1. The maximum absolute atomic E-state index is 11.4. The number of nitrogens with zero attached hydrogens (tertiary/aromatic N) is 6. The Morgan fingerprint density at radius 1 is 1.12 bits per heavy atom. The number of nitrogens with one attached hydrogen (secondary N) is 1. The third kappa shape index (κ3) is 4.07. The predicted molar refractivity (Wildman–Crippen MR) is 123 cm³/mol. The monoisotopic (exact) mass is 448 g/mol. The van der Waals surface area contributed by atoms with E-state index in [1.165, 1.54) is 18.3 Å². The minimum absolute atomic E-state index is 0.123. The van der Waals surface area contributed by atoms with E-state index in [2.05, 4.69) is 20.2 Å². The molecule has 1 aliphatic rings. The number of rotatable bonds is 4. The highest BCUT2D eigenvalue weighted by molar-refractivity contribution is 7.21. The average Bonchev–Trinajstić information content (AvgIpc) is 3.24. The van der Waals surface area contributed by atoms with Crippen LogP contribution in [-0.2, 0) is 9.53 Å². The average molecular weight is 449 g/mol. The summed E-state index contributed by atoms with van der Waals surface area (Å²) in [5, 5.41) is 3.60. The highest BCUT2D eigenvalue weighted by Crippen LogP contribution is 2.35. The Bertz CT molecular complexity index is 1280. The number of nitrogen functional groups attached to an aromatic ring is 1. The highest BCUT2D eigenvalue weighted by atomic mass is 32.1. The van der Waals surface area contributed by atoms with Crippen LogP contribution in [0.1, 0.15) is 6.92 Å². The lowest BCUT2D eigenvalue weighted by Gasteiger charge is -2.28. The van der Waals surface area contributed by atoms with Crippen molar-refractivity contribution in [2.24, 2.45) is 0 Å². The molecule has 1 saturated heterocycles. The first-order valence-corrected chi connectivity index (χ1v) is 10.9. The van der Waals surface area contributed by atoms with Gasteiger partial charge in [-0.25, -0.2) is 24.9 Å². The fourth-order valence-electron chi connectivity index (χ4n) is 3.44. The van der Waals surface area contributed by atoms with E-state index in [4.69, 9.17) is 25.4 Å². The van der Waals surface area contributed by atoms with E-state index in [0.717, 1.165) is 26.7 Å². The molecule has 5 rings (SSSR count). The van der Waals surface area contributed by atoms with E-state index < -0.39 is 0 Å². The lowest BCUT2D eigenvalue weighted by atomic mass is 10.2. The fraction of sp³-hybridized carbons (Fsp3) is 0.238. The van der Waals surface area contributed by atoms with E-state index in [1.54, 1.807) is 12.4 Å². The number of amides is 1. The van der Waals surface area contributed by atoms with E-state index in [1.807, 2.05) is 24.3 Å². The summed E-state index contributed by atoms with van der Waals surface area (Å²) >= 11 is 1.47. The molecule has 4 heterocycles. The van der Waals surface area contributed by atoms with E-state index in [9.17, 15) is 4.79 Å². The van der Waals surface area contributed by atoms with Gasteiger partial charge in [0, 0.05) is 43.7 Å². The molecule has 1 amide bonds. The van der Waals surface area contributed by atoms with Crippen molar-refractivity contribution < 1.29 is 9.53 Å². The Kier molecular flexibility index (Phi) is 5.33. The smallest absolute Gasteiger partial charge is 0.221 e. The third-order valence-corrected chi connectivity index (χ3v) is 5.91. The molecule has 162 valence electrons. The maximum atomic E-state index is 11.4. The van der Waals surface area contributed by atoms with Gasteiger partial charge in [0.25, 0.3) is 0 Å². The summed E-state index contributed by atoms with van der Waals surface area (Å²) in [6.45, 7) is 4.17. The minimum Gasteiger partial charge on any atom is -0.378 e. The molecule has 3 aromatic heterocycles. The Labute approximate surface area is 187 Å². The number of thiazole rings is 1. The van der Waals surface area contributed by atoms with Crippen LogP contribution >= 0.6 is 11.3 Å². The highest BCUT2D eigenvalue weighted by Gasteiger charge is 2.22. The van der Waals surface area contributed by atoms with E-state index in [0.29, 0.717) is 43.4 Å². The summed E-state index contributed by atoms with van der Waals surface area (Å²) in [6.07, 6.45) is 3.23. The summed E-state index contributed by atoms with van der Waals surface area (Å²) in [7, 11) is 0. The molecule has 1 aromatic carbocycles. The summed E-state index contributed by atoms with van der Waals surface area (Å²) in [4.78, 5) is 36.9. The van der Waals surface area contributed by atoms with Crippen LogP contribution in [0, 0.1) is 0 Å². The molecule has 0 radical (unpaired) electrons. The van der Waals surface area contributed by atoms with Gasteiger partial charge in [-0.3, -0.25) is 4.79 Å². The minimum atomic E-state index is -0.123. The quantitative estimate of drug-likeness (QED) is 0.483. The third-order valence-electron chi connectivity index (χ3n) is 4.91. The van der Waals surface area contributed by atoms with Gasteiger partial charge in [-0.05, 0) is 12.1 Å². The first kappa shape index (κ1) is 20.2. The zero-order valence-electron chi connectivity index (χ0n) is 17.3. The number of benzene rings is 1. The van der Waals surface area contributed by atoms with Crippen LogP contribution in [0.2, 0.25) is 0 Å². The van der Waals surface area contributed by atoms with Crippen molar-refractivity contribution >= 4 is 45.0 Å². The van der Waals surface area contributed by atoms with Crippen molar-refractivity contribution in [3.8, 4) is 22.0 Å². The molecule has 0 unspecified atom stereocenters. The topological polar surface area (TPSA) is 132 Å². The number of anilines is 3. The van der Waals surface area contributed by atoms with Gasteiger partial charge >= 0.3 is 0 Å². The van der Waals surface area contributed by atoms with Crippen molar-refractivity contribution in [2.45, 2.75) is 6.92 Å². The SMILES string of the molecule is CC(=O)Nc1cccc(-c2nc3c(N4CCOCC4)nc(-c4cnc(N)nc4)nc3s2)c1. The summed E-state index contributed by atoms with van der Waals surface area (Å²) in [5.41, 5.74) is 8.65. The Morgan fingerprint density at radius 3 is 2.66 bits per heavy atom. The van der Waals surface area contributed by atoms with Crippen LogP contribution in [0.3, 0.4) is 0 Å². The lowest BCUT2D eigenvalue weighted by Crippen LogP contribution is -2.37. The summed E-state index contributed by atoms with van der Waals surface area (Å²) < 4.78 is 5.51. The first-order chi connectivity index (χ1) is 15.6. The van der Waals surface area contributed by atoms with Crippen molar-refractivity contribution in [2.75, 3.05) is 42.3 Å². The number of aromatic nitrogens is 5. The maximum Gasteiger partial charge on any atom is 0.221 e. The number of morpholine rings is 1. The van der Waals surface area contributed by atoms with Gasteiger partial charge in [0.05, 0.1) is 18.8 Å². The van der Waals surface area contributed by atoms with Crippen LogP contribution in [0.15, 0.2) is 36.7 Å². The molecule has 3 N–H and O–H groups in total. The van der Waals surface area contributed by atoms with Gasteiger partial charge < -0.3 is 20.7 Å². The van der Waals surface area contributed by atoms with Crippen molar-refractivity contribution in [3.63, 3.8) is 0 Å². The Balaban J connectivity index is 1.63. The first-order valence-electron chi connectivity index (χ1n) is 10.0. The molecule has 0 bridgehead atoms. The molecule has 1 aliphatic heterocycles. The second-order valence-corrected chi connectivity index (χ2v) is 8.21. The second kappa shape index (κ2) is 8.44. The lowest BCUT2D eigenvalue weighted by molar-refractivity contribution is -0.114. The second-order valence-electron chi connectivity index (χ2n) is 7.23. The molecule has 10 nitrogen and oxygen atoms in total.